The second-order valence-corrected chi connectivity index (χ2v) is 6.63. The third kappa shape index (κ3) is 8.88. The maximum absolute atomic E-state index is 12.7. The number of alkyl carbamates (subject to hydrolysis) is 1. The van der Waals surface area contributed by atoms with Crippen LogP contribution >= 0.6 is 0 Å². The molecule has 2 N–H and O–H groups in total. The van der Waals surface area contributed by atoms with Crippen molar-refractivity contribution in [2.75, 3.05) is 7.11 Å². The molecule has 1 unspecified atom stereocenters. The van der Waals surface area contributed by atoms with E-state index in [9.17, 15) is 14.4 Å². The van der Waals surface area contributed by atoms with Gasteiger partial charge in [0.25, 0.3) is 0 Å². The molecule has 2 atom stereocenters. The second-order valence-electron chi connectivity index (χ2n) is 6.63. The van der Waals surface area contributed by atoms with Crippen molar-refractivity contribution in [3.63, 3.8) is 0 Å². The van der Waals surface area contributed by atoms with Crippen LogP contribution in [-0.2, 0) is 25.7 Å². The summed E-state index contributed by atoms with van der Waals surface area (Å²) in [7, 11) is 1.29. The Morgan fingerprint density at radius 2 is 1.54 bits per heavy atom. The van der Waals surface area contributed by atoms with Crippen LogP contribution in [0, 0.1) is 0 Å². The van der Waals surface area contributed by atoms with Gasteiger partial charge in [-0.05, 0) is 18.4 Å². The number of unbranched alkanes of at least 4 members (excludes halogenated alkanes) is 2. The second kappa shape index (κ2) is 13.6. The van der Waals surface area contributed by atoms with Gasteiger partial charge in [-0.3, -0.25) is 4.79 Å². The standard InChI is InChI=1S/C21H32N2O5/c1-4-6-13-17(19(24)22-18(14-7-5-2)20(25)27-3)23-21(26)28-15-16-11-9-8-10-12-16/h8-12,17-18H,4-7,13-15H2,1-3H3,(H,22,24)(H,23,26)/t17?,18-/m0/s1. The Hall–Kier alpha value is -2.57. The van der Waals surface area contributed by atoms with E-state index in [0.717, 1.165) is 31.2 Å². The molecule has 0 fully saturated rings. The van der Waals surface area contributed by atoms with E-state index in [1.165, 1.54) is 7.11 Å². The Labute approximate surface area is 167 Å². The largest absolute Gasteiger partial charge is 0.467 e. The Bertz CT molecular complexity index is 606. The molecule has 0 spiro atoms. The molecule has 156 valence electrons. The number of carbonyl (C=O) groups excluding carboxylic acids is 3. The first-order chi connectivity index (χ1) is 13.5. The Morgan fingerprint density at radius 3 is 2.11 bits per heavy atom. The summed E-state index contributed by atoms with van der Waals surface area (Å²) in [6.45, 7) is 4.13. The summed E-state index contributed by atoms with van der Waals surface area (Å²) in [4.78, 5) is 36.7. The highest BCUT2D eigenvalue weighted by molar-refractivity contribution is 5.89. The van der Waals surface area contributed by atoms with Crippen molar-refractivity contribution in [3.8, 4) is 0 Å². The number of amides is 2. The number of carbonyl (C=O) groups is 3. The molecule has 0 bridgehead atoms. The average Bonchev–Trinajstić information content (AvgIpc) is 2.72. The fraction of sp³-hybridized carbons (Fsp3) is 0.571. The molecule has 0 saturated heterocycles. The molecule has 0 aromatic heterocycles. The molecule has 2 amide bonds. The summed E-state index contributed by atoms with van der Waals surface area (Å²) in [5.41, 5.74) is 0.859. The van der Waals surface area contributed by atoms with Gasteiger partial charge in [-0.1, -0.05) is 69.9 Å². The third-order valence-electron chi connectivity index (χ3n) is 4.32. The quantitative estimate of drug-likeness (QED) is 0.532. The smallest absolute Gasteiger partial charge is 0.408 e. The highest BCUT2D eigenvalue weighted by atomic mass is 16.5. The summed E-state index contributed by atoms with van der Waals surface area (Å²) < 4.78 is 9.98. The first-order valence-electron chi connectivity index (χ1n) is 9.87. The molecule has 1 aromatic rings. The van der Waals surface area contributed by atoms with E-state index in [1.807, 2.05) is 44.2 Å². The first kappa shape index (κ1) is 23.5. The molecule has 0 radical (unpaired) electrons. The molecule has 0 saturated carbocycles. The van der Waals surface area contributed by atoms with Gasteiger partial charge >= 0.3 is 12.1 Å². The van der Waals surface area contributed by atoms with Crippen molar-refractivity contribution in [3.05, 3.63) is 35.9 Å². The molecule has 7 nitrogen and oxygen atoms in total. The van der Waals surface area contributed by atoms with Gasteiger partial charge in [0, 0.05) is 0 Å². The van der Waals surface area contributed by atoms with Gasteiger partial charge in [-0.15, -0.1) is 0 Å². The highest BCUT2D eigenvalue weighted by Crippen LogP contribution is 2.07. The number of benzene rings is 1. The van der Waals surface area contributed by atoms with E-state index < -0.39 is 30.1 Å². The van der Waals surface area contributed by atoms with E-state index in [0.29, 0.717) is 12.8 Å². The fourth-order valence-corrected chi connectivity index (χ4v) is 2.66. The van der Waals surface area contributed by atoms with Crippen molar-refractivity contribution in [2.45, 2.75) is 71.1 Å². The summed E-state index contributed by atoms with van der Waals surface area (Å²) >= 11 is 0. The summed E-state index contributed by atoms with van der Waals surface area (Å²) in [5, 5.41) is 5.32. The molecular weight excluding hydrogens is 360 g/mol. The zero-order valence-electron chi connectivity index (χ0n) is 17.0. The van der Waals surface area contributed by atoms with Crippen molar-refractivity contribution >= 4 is 18.0 Å². The van der Waals surface area contributed by atoms with Crippen LogP contribution < -0.4 is 10.6 Å². The molecular formula is C21H32N2O5. The lowest BCUT2D eigenvalue weighted by atomic mass is 10.1. The van der Waals surface area contributed by atoms with Crippen LogP contribution in [0.1, 0.15) is 57.9 Å². The Kier molecular flexibility index (Phi) is 11.4. The highest BCUT2D eigenvalue weighted by Gasteiger charge is 2.27. The van der Waals surface area contributed by atoms with Crippen LogP contribution in [0.15, 0.2) is 30.3 Å². The topological polar surface area (TPSA) is 93.7 Å². The van der Waals surface area contributed by atoms with Gasteiger partial charge in [0.2, 0.25) is 5.91 Å². The number of esters is 1. The normalized spacial score (nSPS) is 12.5. The third-order valence-corrected chi connectivity index (χ3v) is 4.32. The van der Waals surface area contributed by atoms with Crippen LogP contribution in [0.5, 0.6) is 0 Å². The van der Waals surface area contributed by atoms with E-state index >= 15 is 0 Å². The summed E-state index contributed by atoms with van der Waals surface area (Å²) in [6.07, 6.45) is 3.61. The molecule has 0 aliphatic carbocycles. The van der Waals surface area contributed by atoms with Gasteiger partial charge < -0.3 is 20.1 Å². The zero-order valence-corrected chi connectivity index (χ0v) is 17.0. The van der Waals surface area contributed by atoms with Crippen molar-refractivity contribution < 1.29 is 23.9 Å². The number of nitrogens with one attached hydrogen (secondary N) is 2. The molecule has 0 aliphatic heterocycles. The van der Waals surface area contributed by atoms with E-state index in [1.54, 1.807) is 0 Å². The minimum atomic E-state index is -0.767. The van der Waals surface area contributed by atoms with Crippen LogP contribution in [0.2, 0.25) is 0 Å². The van der Waals surface area contributed by atoms with Gasteiger partial charge in [0.1, 0.15) is 18.7 Å². The van der Waals surface area contributed by atoms with Crippen molar-refractivity contribution in [1.82, 2.24) is 10.6 Å². The van der Waals surface area contributed by atoms with Crippen molar-refractivity contribution in [2.24, 2.45) is 0 Å². The Morgan fingerprint density at radius 1 is 0.929 bits per heavy atom. The lowest BCUT2D eigenvalue weighted by molar-refractivity contribution is -0.145. The minimum absolute atomic E-state index is 0.121. The SMILES string of the molecule is CCCCC(NC(=O)OCc1ccccc1)C(=O)N[C@@H](CCCC)C(=O)OC. The van der Waals surface area contributed by atoms with E-state index in [-0.39, 0.29) is 6.61 Å². The fourth-order valence-electron chi connectivity index (χ4n) is 2.66. The minimum Gasteiger partial charge on any atom is -0.467 e. The zero-order chi connectivity index (χ0) is 20.8. The molecule has 0 aliphatic rings. The molecule has 0 heterocycles. The van der Waals surface area contributed by atoms with Crippen LogP contribution in [0.25, 0.3) is 0 Å². The van der Waals surface area contributed by atoms with Crippen LogP contribution in [0.3, 0.4) is 0 Å². The lowest BCUT2D eigenvalue weighted by Crippen LogP contribution is -2.51. The number of rotatable bonds is 12. The molecule has 1 rings (SSSR count). The van der Waals surface area contributed by atoms with Crippen LogP contribution in [0.4, 0.5) is 4.79 Å². The van der Waals surface area contributed by atoms with Gasteiger partial charge in [-0.2, -0.15) is 0 Å². The van der Waals surface area contributed by atoms with Gasteiger partial charge in [0.05, 0.1) is 7.11 Å². The molecule has 7 heteroatoms. The molecule has 28 heavy (non-hydrogen) atoms. The van der Waals surface area contributed by atoms with E-state index in [4.69, 9.17) is 9.47 Å². The maximum atomic E-state index is 12.7. The Balaban J connectivity index is 2.66. The monoisotopic (exact) mass is 392 g/mol. The first-order valence-corrected chi connectivity index (χ1v) is 9.87. The summed E-state index contributed by atoms with van der Waals surface area (Å²) in [5.74, 6) is -0.890. The number of hydrogen-bond acceptors (Lipinski definition) is 5. The van der Waals surface area contributed by atoms with Gasteiger partial charge in [-0.25, -0.2) is 9.59 Å². The number of ether oxygens (including phenoxy) is 2. The summed E-state index contributed by atoms with van der Waals surface area (Å²) in [6, 6.07) is 7.81. The number of methoxy groups -OCH3 is 1. The lowest BCUT2D eigenvalue weighted by Gasteiger charge is -2.22. The van der Waals surface area contributed by atoms with Gasteiger partial charge in [0.15, 0.2) is 0 Å². The number of hydrogen-bond donors (Lipinski definition) is 2. The van der Waals surface area contributed by atoms with Crippen molar-refractivity contribution in [1.29, 1.82) is 0 Å². The van der Waals surface area contributed by atoms with E-state index in [2.05, 4.69) is 10.6 Å². The predicted octanol–water partition coefficient (Wildman–Crippen LogP) is 3.32. The molecule has 1 aromatic carbocycles. The average molecular weight is 392 g/mol. The predicted molar refractivity (Wildman–Crippen MR) is 107 cm³/mol. The maximum Gasteiger partial charge on any atom is 0.408 e. The van der Waals surface area contributed by atoms with Crippen LogP contribution in [-0.4, -0.2) is 37.2 Å².